The van der Waals surface area contributed by atoms with Crippen molar-refractivity contribution >= 4 is 11.3 Å². The van der Waals surface area contributed by atoms with Gasteiger partial charge in [-0.3, -0.25) is 0 Å². The average molecular weight is 444 g/mol. The number of methoxy groups -OCH3 is 1. The van der Waals surface area contributed by atoms with Crippen LogP contribution >= 0.6 is 11.3 Å². The third-order valence-electron chi connectivity index (χ3n) is 7.04. The van der Waals surface area contributed by atoms with E-state index in [1.165, 1.54) is 73.2 Å². The Labute approximate surface area is 193 Å². The maximum atomic E-state index is 10.3. The first kappa shape index (κ1) is 24.1. The highest BCUT2D eigenvalue weighted by Crippen LogP contribution is 2.36. The summed E-state index contributed by atoms with van der Waals surface area (Å²) >= 11 is 2.01. The summed E-state index contributed by atoms with van der Waals surface area (Å²) in [5, 5.41) is 10.3. The van der Waals surface area contributed by atoms with Crippen molar-refractivity contribution in [3.05, 3.63) is 44.6 Å². The molecule has 0 aliphatic carbocycles. The Morgan fingerprint density at radius 2 is 2.00 bits per heavy atom. The van der Waals surface area contributed by atoms with Crippen molar-refractivity contribution < 1.29 is 9.84 Å². The van der Waals surface area contributed by atoms with Crippen molar-refractivity contribution in [3.8, 4) is 11.5 Å². The predicted octanol–water partition coefficient (Wildman–Crippen LogP) is 6.73. The number of hydrogen-bond acceptors (Lipinski definition) is 4. The Hall–Kier alpha value is -1.52. The molecule has 3 nitrogen and oxygen atoms in total. The van der Waals surface area contributed by atoms with Crippen molar-refractivity contribution in [2.24, 2.45) is 5.92 Å². The molecule has 1 fully saturated rings. The number of ether oxygens (including phenoxy) is 1. The second-order valence-corrected chi connectivity index (χ2v) is 10.7. The Morgan fingerprint density at radius 3 is 2.74 bits per heavy atom. The van der Waals surface area contributed by atoms with Gasteiger partial charge >= 0.3 is 0 Å². The Kier molecular flexibility index (Phi) is 8.85. The van der Waals surface area contributed by atoms with Crippen molar-refractivity contribution in [3.63, 3.8) is 0 Å². The third-order valence-corrected chi connectivity index (χ3v) is 8.36. The van der Waals surface area contributed by atoms with E-state index in [4.69, 9.17) is 4.74 Å². The predicted molar refractivity (Wildman–Crippen MR) is 133 cm³/mol. The normalized spacial score (nSPS) is 19.1. The van der Waals surface area contributed by atoms with Gasteiger partial charge in [0.1, 0.15) is 0 Å². The number of likely N-dealkylation sites (tertiary alicyclic amines) is 1. The molecule has 1 aliphatic rings. The first-order valence-electron chi connectivity index (χ1n) is 12.1. The van der Waals surface area contributed by atoms with Gasteiger partial charge in [-0.2, -0.15) is 0 Å². The van der Waals surface area contributed by atoms with Crippen LogP contribution in [0.3, 0.4) is 0 Å². The first-order valence-corrected chi connectivity index (χ1v) is 12.9. The Bertz CT molecular complexity index is 844. The molecule has 0 bridgehead atoms. The van der Waals surface area contributed by atoms with E-state index in [0.29, 0.717) is 11.7 Å². The molecule has 2 aromatic rings. The van der Waals surface area contributed by atoms with Gasteiger partial charge in [-0.05, 0) is 112 Å². The number of nitrogens with zero attached hydrogens (tertiary/aromatic N) is 1. The first-order chi connectivity index (χ1) is 14.9. The highest BCUT2D eigenvalue weighted by atomic mass is 32.1. The highest BCUT2D eigenvalue weighted by Gasteiger charge is 2.18. The lowest BCUT2D eigenvalue weighted by Crippen LogP contribution is -2.25. The molecule has 3 rings (SSSR count). The number of phenols is 1. The molecule has 1 saturated heterocycles. The standard InChI is InChI=1S/C27H41NO2S/c1-6-22-17-26(30-5)25(29)18-24(22)19(2)16-27-20(3)15-23(31-27)11-10-21-9-7-8-13-28(4)14-12-21/h15,17-19,21,29H,6-14,16H2,1-5H3/t19-,21?/m0/s1. The molecule has 1 N–H and O–H groups in total. The molecule has 1 unspecified atom stereocenters. The smallest absolute Gasteiger partial charge is 0.160 e. The number of hydrogen-bond donors (Lipinski definition) is 1. The van der Waals surface area contributed by atoms with E-state index < -0.39 is 0 Å². The minimum atomic E-state index is 0.245. The number of rotatable bonds is 8. The van der Waals surface area contributed by atoms with Crippen LogP contribution in [0.25, 0.3) is 0 Å². The van der Waals surface area contributed by atoms with Crippen LogP contribution in [0.15, 0.2) is 18.2 Å². The zero-order valence-electron chi connectivity index (χ0n) is 20.2. The average Bonchev–Trinajstić information content (AvgIpc) is 3.09. The van der Waals surface area contributed by atoms with Gasteiger partial charge < -0.3 is 14.7 Å². The van der Waals surface area contributed by atoms with Gasteiger partial charge in [0.25, 0.3) is 0 Å². The number of phenolic OH excluding ortho intramolecular Hbond substituents is 1. The molecule has 1 aliphatic heterocycles. The van der Waals surface area contributed by atoms with E-state index in [1.807, 2.05) is 23.5 Å². The van der Waals surface area contributed by atoms with Gasteiger partial charge in [-0.25, -0.2) is 0 Å². The number of benzene rings is 1. The largest absolute Gasteiger partial charge is 0.504 e. The lowest BCUT2D eigenvalue weighted by atomic mass is 9.90. The molecule has 0 spiro atoms. The van der Waals surface area contributed by atoms with Crippen LogP contribution in [0.2, 0.25) is 0 Å². The van der Waals surface area contributed by atoms with Crippen LogP contribution in [0.5, 0.6) is 11.5 Å². The summed E-state index contributed by atoms with van der Waals surface area (Å²) in [5.41, 5.74) is 3.94. The van der Waals surface area contributed by atoms with Gasteiger partial charge in [0, 0.05) is 9.75 Å². The van der Waals surface area contributed by atoms with E-state index in [9.17, 15) is 5.11 Å². The van der Waals surface area contributed by atoms with Crippen molar-refractivity contribution in [1.82, 2.24) is 4.90 Å². The molecule has 0 saturated carbocycles. The molecule has 0 radical (unpaired) electrons. The van der Waals surface area contributed by atoms with E-state index in [1.54, 1.807) is 12.0 Å². The zero-order chi connectivity index (χ0) is 22.4. The van der Waals surface area contributed by atoms with Crippen molar-refractivity contribution in [2.75, 3.05) is 27.2 Å². The fourth-order valence-electron chi connectivity index (χ4n) is 4.97. The van der Waals surface area contributed by atoms with E-state index >= 15 is 0 Å². The third kappa shape index (κ3) is 6.49. The highest BCUT2D eigenvalue weighted by molar-refractivity contribution is 7.12. The minimum absolute atomic E-state index is 0.245. The summed E-state index contributed by atoms with van der Waals surface area (Å²) in [5.74, 6) is 2.07. The van der Waals surface area contributed by atoms with Crippen LogP contribution in [0, 0.1) is 12.8 Å². The second kappa shape index (κ2) is 11.4. The van der Waals surface area contributed by atoms with Crippen LogP contribution in [0.4, 0.5) is 0 Å². The fraction of sp³-hybridized carbons (Fsp3) is 0.630. The summed E-state index contributed by atoms with van der Waals surface area (Å²) < 4.78 is 5.31. The SMILES string of the molecule is CCc1cc(OC)c(O)cc1[C@@H](C)Cc1sc(CCC2CCCCN(C)CC2)cc1C. The van der Waals surface area contributed by atoms with Gasteiger partial charge in [0.2, 0.25) is 0 Å². The van der Waals surface area contributed by atoms with E-state index in [0.717, 1.165) is 18.8 Å². The Balaban J connectivity index is 1.64. The number of aromatic hydroxyl groups is 1. The van der Waals surface area contributed by atoms with Crippen LogP contribution < -0.4 is 4.74 Å². The second-order valence-electron chi connectivity index (χ2n) is 9.49. The van der Waals surface area contributed by atoms with Gasteiger partial charge in [0.15, 0.2) is 11.5 Å². The van der Waals surface area contributed by atoms with Gasteiger partial charge in [-0.15, -0.1) is 11.3 Å². The molecule has 0 amide bonds. The molecule has 31 heavy (non-hydrogen) atoms. The van der Waals surface area contributed by atoms with Crippen LogP contribution in [-0.4, -0.2) is 37.3 Å². The maximum Gasteiger partial charge on any atom is 0.160 e. The van der Waals surface area contributed by atoms with Gasteiger partial charge in [-0.1, -0.05) is 26.7 Å². The molecule has 2 atom stereocenters. The van der Waals surface area contributed by atoms with Gasteiger partial charge in [0.05, 0.1) is 7.11 Å². The molecular formula is C27H41NO2S. The fourth-order valence-corrected chi connectivity index (χ4v) is 6.29. The summed E-state index contributed by atoms with van der Waals surface area (Å²) in [7, 11) is 3.88. The quantitative estimate of drug-likeness (QED) is 0.491. The summed E-state index contributed by atoms with van der Waals surface area (Å²) in [6, 6.07) is 6.34. The molecule has 1 aromatic carbocycles. The number of thiophene rings is 1. The van der Waals surface area contributed by atoms with E-state index in [2.05, 4.69) is 38.8 Å². The summed E-state index contributed by atoms with van der Waals surface area (Å²) in [6.45, 7) is 9.24. The van der Waals surface area contributed by atoms with Crippen molar-refractivity contribution in [2.45, 2.75) is 78.1 Å². The monoisotopic (exact) mass is 443 g/mol. The lowest BCUT2D eigenvalue weighted by molar-refractivity contribution is 0.251. The molecule has 2 heterocycles. The molecule has 1 aromatic heterocycles. The molecule has 172 valence electrons. The van der Waals surface area contributed by atoms with Crippen molar-refractivity contribution in [1.29, 1.82) is 0 Å². The lowest BCUT2D eigenvalue weighted by Gasteiger charge is -2.25. The van der Waals surface area contributed by atoms with Crippen LogP contribution in [0.1, 0.15) is 78.3 Å². The Morgan fingerprint density at radius 1 is 1.19 bits per heavy atom. The summed E-state index contributed by atoms with van der Waals surface area (Å²) in [6.07, 6.45) is 10.0. The molecular weight excluding hydrogens is 402 g/mol. The minimum Gasteiger partial charge on any atom is -0.504 e. The summed E-state index contributed by atoms with van der Waals surface area (Å²) in [4.78, 5) is 5.54. The number of aryl methyl sites for hydroxylation is 3. The van der Waals surface area contributed by atoms with E-state index in [-0.39, 0.29) is 5.75 Å². The zero-order valence-corrected chi connectivity index (χ0v) is 21.0. The topological polar surface area (TPSA) is 32.7 Å². The van der Waals surface area contributed by atoms with Crippen LogP contribution in [-0.2, 0) is 19.3 Å². The molecule has 4 heteroatoms. The maximum absolute atomic E-state index is 10.3.